The summed E-state index contributed by atoms with van der Waals surface area (Å²) < 4.78 is 93.2. The van der Waals surface area contributed by atoms with Crippen molar-refractivity contribution in [3.8, 4) is 11.5 Å². The molecule has 0 radical (unpaired) electrons. The van der Waals surface area contributed by atoms with E-state index in [1.54, 1.807) is 0 Å². The molecule has 2 saturated carbocycles. The Morgan fingerprint density at radius 3 is 1.68 bits per heavy atom. The molecule has 2 aromatic rings. The van der Waals surface area contributed by atoms with Gasteiger partial charge in [0, 0.05) is 37.8 Å². The lowest BCUT2D eigenvalue weighted by atomic mass is 10.2. The van der Waals surface area contributed by atoms with Gasteiger partial charge in [-0.3, -0.25) is 0 Å². The van der Waals surface area contributed by atoms with Crippen molar-refractivity contribution in [1.82, 2.24) is 19.9 Å². The molecule has 190 valence electrons. The highest BCUT2D eigenvalue weighted by Crippen LogP contribution is 2.37. The Morgan fingerprint density at radius 1 is 0.765 bits per heavy atom. The second-order valence-corrected chi connectivity index (χ2v) is 8.09. The molecule has 0 saturated heterocycles. The topological polar surface area (TPSA) is 75.6 Å². The van der Waals surface area contributed by atoms with Crippen LogP contribution in [0.2, 0.25) is 0 Å². The number of hydrogen-bond acceptors (Lipinski definition) is 6. The molecule has 34 heavy (non-hydrogen) atoms. The van der Waals surface area contributed by atoms with Gasteiger partial charge in [0.2, 0.25) is 23.7 Å². The third-order valence-corrected chi connectivity index (χ3v) is 5.38. The van der Waals surface area contributed by atoms with Gasteiger partial charge in [-0.2, -0.15) is 55.1 Å². The van der Waals surface area contributed by atoms with E-state index in [-0.39, 0.29) is 76.1 Å². The molecule has 2 aliphatic carbocycles. The SMILES string of the molecule is FC1(F)CC[C@H](Nc2nc(N[C@H]3CCC(F)(F)C3)nc(-c3cccc(C(F)(F)F)n3)n2)C1.S.S. The normalized spacial score (nSPS) is 23.0. The van der Waals surface area contributed by atoms with E-state index in [1.807, 2.05) is 0 Å². The van der Waals surface area contributed by atoms with Crippen LogP contribution in [0.3, 0.4) is 0 Å². The van der Waals surface area contributed by atoms with E-state index in [9.17, 15) is 30.7 Å². The Hall–Kier alpha value is -2.03. The fourth-order valence-electron chi connectivity index (χ4n) is 3.85. The van der Waals surface area contributed by atoms with E-state index in [0.29, 0.717) is 0 Å². The molecule has 0 aliphatic heterocycles. The molecule has 2 heterocycles. The minimum absolute atomic E-state index is 0. The van der Waals surface area contributed by atoms with Crippen molar-refractivity contribution in [1.29, 1.82) is 0 Å². The summed E-state index contributed by atoms with van der Waals surface area (Å²) in [5.74, 6) is -6.22. The Bertz CT molecular complexity index is 946. The number of alkyl halides is 7. The first-order valence-electron chi connectivity index (χ1n) is 9.98. The predicted octanol–water partition coefficient (Wildman–Crippen LogP) is 5.38. The zero-order valence-corrected chi connectivity index (χ0v) is 19.6. The second-order valence-electron chi connectivity index (χ2n) is 8.09. The van der Waals surface area contributed by atoms with Gasteiger partial charge < -0.3 is 10.6 Å². The number of hydrogen-bond donors (Lipinski definition) is 2. The van der Waals surface area contributed by atoms with Crippen molar-refractivity contribution in [3.05, 3.63) is 23.9 Å². The summed E-state index contributed by atoms with van der Waals surface area (Å²) in [7, 11) is 0. The van der Waals surface area contributed by atoms with E-state index < -0.39 is 48.6 Å². The zero-order chi connectivity index (χ0) is 23.1. The van der Waals surface area contributed by atoms with Gasteiger partial charge in [0.25, 0.3) is 0 Å². The minimum Gasteiger partial charge on any atom is -0.351 e. The smallest absolute Gasteiger partial charge is 0.351 e. The maximum Gasteiger partial charge on any atom is 0.433 e. The first kappa shape index (κ1) is 28.2. The van der Waals surface area contributed by atoms with Crippen molar-refractivity contribution < 1.29 is 30.7 Å². The Morgan fingerprint density at radius 2 is 1.26 bits per heavy atom. The Labute approximate surface area is 204 Å². The number of halogens is 7. The van der Waals surface area contributed by atoms with E-state index in [0.717, 1.165) is 12.1 Å². The third-order valence-electron chi connectivity index (χ3n) is 5.38. The van der Waals surface area contributed by atoms with E-state index in [4.69, 9.17) is 0 Å². The maximum absolute atomic E-state index is 13.5. The fraction of sp³-hybridized carbons (Fsp3) is 0.579. The average molecular weight is 533 g/mol. The molecule has 6 nitrogen and oxygen atoms in total. The quantitative estimate of drug-likeness (QED) is 0.504. The van der Waals surface area contributed by atoms with Crippen LogP contribution in [0.4, 0.5) is 42.6 Å². The molecule has 0 amide bonds. The molecule has 15 heteroatoms. The first-order chi connectivity index (χ1) is 14.9. The highest BCUT2D eigenvalue weighted by molar-refractivity contribution is 7.59. The maximum atomic E-state index is 13.5. The summed E-state index contributed by atoms with van der Waals surface area (Å²) in [4.78, 5) is 15.7. The van der Waals surface area contributed by atoms with Crippen molar-refractivity contribution >= 4 is 38.9 Å². The summed E-state index contributed by atoms with van der Waals surface area (Å²) in [5.41, 5.74) is -1.38. The van der Waals surface area contributed by atoms with Crippen LogP contribution in [0.1, 0.15) is 44.2 Å². The number of rotatable bonds is 5. The number of anilines is 2. The van der Waals surface area contributed by atoms with Crippen LogP contribution in [0.15, 0.2) is 18.2 Å². The number of nitrogens with one attached hydrogen (secondary N) is 2. The van der Waals surface area contributed by atoms with Gasteiger partial charge in [-0.1, -0.05) is 6.07 Å². The van der Waals surface area contributed by atoms with Gasteiger partial charge in [-0.05, 0) is 25.0 Å². The molecular weight excluding hydrogens is 509 g/mol. The lowest BCUT2D eigenvalue weighted by molar-refractivity contribution is -0.141. The van der Waals surface area contributed by atoms with Crippen LogP contribution in [-0.4, -0.2) is 43.9 Å². The third kappa shape index (κ3) is 6.99. The largest absolute Gasteiger partial charge is 0.433 e. The van der Waals surface area contributed by atoms with Crippen LogP contribution in [-0.2, 0) is 6.18 Å². The van der Waals surface area contributed by atoms with Gasteiger partial charge >= 0.3 is 6.18 Å². The summed E-state index contributed by atoms with van der Waals surface area (Å²) in [6.07, 6.45) is -5.95. The van der Waals surface area contributed by atoms with E-state index in [1.165, 1.54) is 6.07 Å². The number of nitrogens with zero attached hydrogens (tertiary/aromatic N) is 4. The van der Waals surface area contributed by atoms with Gasteiger partial charge in [-0.25, -0.2) is 22.5 Å². The molecule has 2 N–H and O–H groups in total. The van der Waals surface area contributed by atoms with Gasteiger partial charge in [0.15, 0.2) is 5.82 Å². The van der Waals surface area contributed by atoms with Crippen molar-refractivity contribution in [2.24, 2.45) is 0 Å². The standard InChI is InChI=1S/C19H19F7N6.2H2S/c20-17(21)6-4-10(8-17)27-15-30-14(12-2-1-3-13(29-12)19(24,25)26)31-16(32-15)28-11-5-7-18(22,23)9-11;;/h1-3,10-11H,4-9H2,(H2,27,28,30,31,32);2*1H2/t10-,11-;;/m0../s1. The number of pyridine rings is 1. The summed E-state index contributed by atoms with van der Waals surface area (Å²) in [5, 5.41) is 5.51. The van der Waals surface area contributed by atoms with Gasteiger partial charge in [0.1, 0.15) is 11.4 Å². The highest BCUT2D eigenvalue weighted by Gasteiger charge is 2.41. The van der Waals surface area contributed by atoms with Crippen LogP contribution in [0.25, 0.3) is 11.5 Å². The van der Waals surface area contributed by atoms with Crippen LogP contribution in [0, 0.1) is 0 Å². The molecule has 0 spiro atoms. The molecule has 0 unspecified atom stereocenters. The van der Waals surface area contributed by atoms with Crippen LogP contribution >= 0.6 is 27.0 Å². The lowest BCUT2D eigenvalue weighted by Gasteiger charge is -2.17. The Balaban J connectivity index is 0.00000204. The monoisotopic (exact) mass is 532 g/mol. The molecule has 2 aromatic heterocycles. The van der Waals surface area contributed by atoms with Gasteiger partial charge in [0.05, 0.1) is 0 Å². The molecule has 2 fully saturated rings. The highest BCUT2D eigenvalue weighted by atomic mass is 32.1. The second kappa shape index (κ2) is 10.3. The molecule has 0 aromatic carbocycles. The van der Waals surface area contributed by atoms with E-state index in [2.05, 4.69) is 30.6 Å². The molecule has 2 atom stereocenters. The first-order valence-corrected chi connectivity index (χ1v) is 9.98. The molecule has 0 bridgehead atoms. The predicted molar refractivity (Wildman–Crippen MR) is 121 cm³/mol. The van der Waals surface area contributed by atoms with Gasteiger partial charge in [-0.15, -0.1) is 0 Å². The van der Waals surface area contributed by atoms with Crippen molar-refractivity contribution in [2.75, 3.05) is 10.6 Å². The zero-order valence-electron chi connectivity index (χ0n) is 17.6. The number of aromatic nitrogens is 4. The molecule has 2 aliphatic rings. The lowest BCUT2D eigenvalue weighted by Crippen LogP contribution is -2.23. The average Bonchev–Trinajstić information content (AvgIpc) is 3.21. The van der Waals surface area contributed by atoms with Crippen LogP contribution in [0.5, 0.6) is 0 Å². The molecular formula is C19H23F7N6S2. The summed E-state index contributed by atoms with van der Waals surface area (Å²) in [6.45, 7) is 0. The summed E-state index contributed by atoms with van der Waals surface area (Å²) in [6, 6.07) is 1.86. The van der Waals surface area contributed by atoms with E-state index >= 15 is 0 Å². The van der Waals surface area contributed by atoms with Crippen molar-refractivity contribution in [2.45, 2.75) is 68.6 Å². The Kier molecular flexibility index (Phi) is 8.55. The fourth-order valence-corrected chi connectivity index (χ4v) is 3.85. The minimum atomic E-state index is -4.70. The molecule has 4 rings (SSSR count). The summed E-state index contributed by atoms with van der Waals surface area (Å²) >= 11 is 0. The van der Waals surface area contributed by atoms with Crippen molar-refractivity contribution in [3.63, 3.8) is 0 Å². The van der Waals surface area contributed by atoms with Crippen LogP contribution < -0.4 is 10.6 Å².